The van der Waals surface area contributed by atoms with Crippen molar-refractivity contribution in [2.45, 2.75) is 33.7 Å². The van der Waals surface area contributed by atoms with E-state index in [0.29, 0.717) is 5.92 Å². The molecule has 0 bridgehead atoms. The highest BCUT2D eigenvalue weighted by molar-refractivity contribution is 14.0. The van der Waals surface area contributed by atoms with Crippen LogP contribution in [0.4, 0.5) is 0 Å². The Hall–Kier alpha value is -1.31. The number of hydrogen-bond donors (Lipinski definition) is 2. The summed E-state index contributed by atoms with van der Waals surface area (Å²) < 4.78 is 2.24. The van der Waals surface area contributed by atoms with Crippen molar-refractivity contribution in [3.8, 4) is 0 Å². The molecule has 0 radical (unpaired) electrons. The first-order valence-corrected chi connectivity index (χ1v) is 7.98. The zero-order chi connectivity index (χ0) is 15.9. The van der Waals surface area contributed by atoms with E-state index in [-0.39, 0.29) is 24.0 Å². The topological polar surface area (TPSA) is 54.2 Å². The summed E-state index contributed by atoms with van der Waals surface area (Å²) in [6.45, 7) is 9.15. The molecule has 1 aromatic heterocycles. The average Bonchev–Trinajstić information content (AvgIpc) is 2.81. The Kier molecular flexibility index (Phi) is 8.36. The third-order valence-electron chi connectivity index (χ3n) is 3.71. The van der Waals surface area contributed by atoms with Crippen molar-refractivity contribution in [2.75, 3.05) is 20.1 Å². The molecule has 0 aliphatic heterocycles. The molecule has 2 rings (SSSR count). The molecule has 0 aliphatic rings. The summed E-state index contributed by atoms with van der Waals surface area (Å²) >= 11 is 0. The molecule has 1 aromatic carbocycles. The van der Waals surface area contributed by atoms with E-state index in [1.807, 2.05) is 13.1 Å². The lowest BCUT2D eigenvalue weighted by atomic mass is 10.1. The molecule has 0 unspecified atom stereocenters. The second-order valence-corrected chi connectivity index (χ2v) is 5.91. The second-order valence-electron chi connectivity index (χ2n) is 5.91. The Morgan fingerprint density at radius 3 is 2.61 bits per heavy atom. The fourth-order valence-electron chi connectivity index (χ4n) is 2.46. The summed E-state index contributed by atoms with van der Waals surface area (Å²) in [6.07, 6.45) is 1.14. The number of aliphatic imine (C=N–C) groups is 1. The van der Waals surface area contributed by atoms with Crippen molar-refractivity contribution in [1.82, 2.24) is 20.2 Å². The summed E-state index contributed by atoms with van der Waals surface area (Å²) in [4.78, 5) is 8.85. The van der Waals surface area contributed by atoms with Gasteiger partial charge in [0, 0.05) is 26.7 Å². The van der Waals surface area contributed by atoms with Crippen LogP contribution in [-0.2, 0) is 6.54 Å². The van der Waals surface area contributed by atoms with E-state index in [0.717, 1.165) is 43.4 Å². The number of rotatable bonds is 6. The Labute approximate surface area is 156 Å². The lowest BCUT2D eigenvalue weighted by molar-refractivity contribution is 0.571. The minimum Gasteiger partial charge on any atom is -0.356 e. The average molecular weight is 429 g/mol. The van der Waals surface area contributed by atoms with Crippen LogP contribution in [0.5, 0.6) is 0 Å². The summed E-state index contributed by atoms with van der Waals surface area (Å²) in [6, 6.07) is 8.25. The third kappa shape index (κ3) is 5.67. The summed E-state index contributed by atoms with van der Waals surface area (Å²) in [5.41, 5.74) is 2.24. The van der Waals surface area contributed by atoms with Gasteiger partial charge in [0.15, 0.2) is 5.96 Å². The van der Waals surface area contributed by atoms with Crippen LogP contribution >= 0.6 is 24.0 Å². The van der Waals surface area contributed by atoms with Crippen molar-refractivity contribution in [3.05, 3.63) is 30.1 Å². The van der Waals surface area contributed by atoms with Gasteiger partial charge >= 0.3 is 0 Å². The molecule has 0 saturated heterocycles. The first-order valence-electron chi connectivity index (χ1n) is 7.98. The van der Waals surface area contributed by atoms with E-state index in [1.54, 1.807) is 0 Å². The first kappa shape index (κ1) is 19.7. The fraction of sp³-hybridized carbons (Fsp3) is 0.529. The number of para-hydroxylation sites is 2. The van der Waals surface area contributed by atoms with Crippen LogP contribution in [0.2, 0.25) is 0 Å². The zero-order valence-corrected chi connectivity index (χ0v) is 16.8. The van der Waals surface area contributed by atoms with E-state index in [1.165, 1.54) is 5.52 Å². The number of aromatic nitrogens is 2. The number of nitrogens with one attached hydrogen (secondary N) is 2. The van der Waals surface area contributed by atoms with Gasteiger partial charge in [-0.15, -0.1) is 24.0 Å². The van der Waals surface area contributed by atoms with E-state index < -0.39 is 0 Å². The Balaban J connectivity index is 0.00000264. The molecule has 0 amide bonds. The van der Waals surface area contributed by atoms with Crippen LogP contribution in [0.15, 0.2) is 29.3 Å². The molecule has 5 nitrogen and oxygen atoms in total. The van der Waals surface area contributed by atoms with E-state index >= 15 is 0 Å². The lowest BCUT2D eigenvalue weighted by Crippen LogP contribution is -2.39. The van der Waals surface area contributed by atoms with Crippen molar-refractivity contribution < 1.29 is 0 Å². The lowest BCUT2D eigenvalue weighted by Gasteiger charge is -2.14. The van der Waals surface area contributed by atoms with Gasteiger partial charge in [-0.1, -0.05) is 26.0 Å². The number of imidazole rings is 1. The van der Waals surface area contributed by atoms with Crippen molar-refractivity contribution in [2.24, 2.45) is 10.9 Å². The molecule has 0 saturated carbocycles. The molecule has 0 aliphatic carbocycles. The second kappa shape index (κ2) is 9.75. The Morgan fingerprint density at radius 2 is 1.91 bits per heavy atom. The van der Waals surface area contributed by atoms with Gasteiger partial charge in [0.2, 0.25) is 0 Å². The van der Waals surface area contributed by atoms with Gasteiger partial charge in [0.25, 0.3) is 0 Å². The normalized spacial score (nSPS) is 11.6. The minimum absolute atomic E-state index is 0. The number of guanidine groups is 1. The first-order chi connectivity index (χ1) is 10.6. The molecule has 6 heteroatoms. The number of benzene rings is 1. The predicted molar refractivity (Wildman–Crippen MR) is 109 cm³/mol. The van der Waals surface area contributed by atoms with Crippen molar-refractivity contribution in [1.29, 1.82) is 0 Å². The maximum Gasteiger partial charge on any atom is 0.191 e. The molecule has 23 heavy (non-hydrogen) atoms. The summed E-state index contributed by atoms with van der Waals surface area (Å²) in [5.74, 6) is 2.61. The van der Waals surface area contributed by atoms with Crippen LogP contribution in [-0.4, -0.2) is 35.6 Å². The van der Waals surface area contributed by atoms with E-state index in [4.69, 9.17) is 0 Å². The van der Waals surface area contributed by atoms with Crippen LogP contribution in [0, 0.1) is 12.8 Å². The van der Waals surface area contributed by atoms with Gasteiger partial charge in [0.1, 0.15) is 5.82 Å². The Bertz CT molecular complexity index is 633. The largest absolute Gasteiger partial charge is 0.356 e. The van der Waals surface area contributed by atoms with Crippen LogP contribution in [0.3, 0.4) is 0 Å². The van der Waals surface area contributed by atoms with Gasteiger partial charge < -0.3 is 15.2 Å². The maximum atomic E-state index is 4.59. The number of fused-ring (bicyclic) bond motifs is 1. The standard InChI is InChI=1S/C17H27N5.HI/c1-13(2)9-10-19-17(18-4)20-11-12-22-14(3)21-15-7-5-6-8-16(15)22;/h5-8,13H,9-12H2,1-4H3,(H2,18,19,20);1H. The third-order valence-corrected chi connectivity index (χ3v) is 3.71. The van der Waals surface area contributed by atoms with Gasteiger partial charge in [-0.3, -0.25) is 4.99 Å². The monoisotopic (exact) mass is 429 g/mol. The predicted octanol–water partition coefficient (Wildman–Crippen LogP) is 3.17. The summed E-state index contributed by atoms with van der Waals surface area (Å²) in [5, 5.41) is 6.71. The molecule has 128 valence electrons. The van der Waals surface area contributed by atoms with Crippen LogP contribution in [0.1, 0.15) is 26.1 Å². The summed E-state index contributed by atoms with van der Waals surface area (Å²) in [7, 11) is 1.81. The quantitative estimate of drug-likeness (QED) is 0.422. The van der Waals surface area contributed by atoms with Gasteiger partial charge in [-0.2, -0.15) is 0 Å². The number of hydrogen-bond acceptors (Lipinski definition) is 2. The SMILES string of the molecule is CN=C(NCCC(C)C)NCCn1c(C)nc2ccccc21.I. The minimum atomic E-state index is 0. The molecule has 2 aromatic rings. The van der Waals surface area contributed by atoms with Crippen LogP contribution in [0.25, 0.3) is 11.0 Å². The number of halogens is 1. The number of nitrogens with zero attached hydrogens (tertiary/aromatic N) is 3. The van der Waals surface area contributed by atoms with E-state index in [2.05, 4.69) is 64.1 Å². The molecule has 1 heterocycles. The number of aryl methyl sites for hydroxylation is 1. The molecule has 0 atom stereocenters. The molecule has 0 spiro atoms. The molecule has 2 N–H and O–H groups in total. The maximum absolute atomic E-state index is 4.59. The fourth-order valence-corrected chi connectivity index (χ4v) is 2.46. The molecular formula is C17H28IN5. The molecular weight excluding hydrogens is 401 g/mol. The zero-order valence-electron chi connectivity index (χ0n) is 14.5. The van der Waals surface area contributed by atoms with E-state index in [9.17, 15) is 0 Å². The highest BCUT2D eigenvalue weighted by Gasteiger charge is 2.06. The van der Waals surface area contributed by atoms with Crippen molar-refractivity contribution in [3.63, 3.8) is 0 Å². The van der Waals surface area contributed by atoms with Gasteiger partial charge in [-0.05, 0) is 31.4 Å². The van der Waals surface area contributed by atoms with Crippen LogP contribution < -0.4 is 10.6 Å². The Morgan fingerprint density at radius 1 is 1.22 bits per heavy atom. The van der Waals surface area contributed by atoms with Gasteiger partial charge in [0.05, 0.1) is 11.0 Å². The van der Waals surface area contributed by atoms with Gasteiger partial charge in [-0.25, -0.2) is 4.98 Å². The molecule has 0 fully saturated rings. The van der Waals surface area contributed by atoms with Crippen molar-refractivity contribution >= 4 is 41.0 Å². The highest BCUT2D eigenvalue weighted by atomic mass is 127. The smallest absolute Gasteiger partial charge is 0.191 e. The highest BCUT2D eigenvalue weighted by Crippen LogP contribution is 2.14.